The molecule has 0 aromatic carbocycles. The molecule has 0 saturated heterocycles. The molecule has 0 radical (unpaired) electrons. The summed E-state index contributed by atoms with van der Waals surface area (Å²) in [5.74, 6) is -0.599. The van der Waals surface area contributed by atoms with Crippen LogP contribution in [0.1, 0.15) is 40.5 Å². The van der Waals surface area contributed by atoms with Crippen molar-refractivity contribution in [2.24, 2.45) is 0 Å². The maximum atomic E-state index is 11.9. The molecule has 0 aromatic rings. The van der Waals surface area contributed by atoms with Crippen LogP contribution >= 0.6 is 0 Å². The summed E-state index contributed by atoms with van der Waals surface area (Å²) >= 11 is 0. The van der Waals surface area contributed by atoms with Gasteiger partial charge in [-0.1, -0.05) is 13.8 Å². The Morgan fingerprint density at radius 3 is 1.96 bits per heavy atom. The molecular weight excluding hydrogens is 400 g/mol. The maximum absolute atomic E-state index is 11.9. The SMILES string of the molecule is CCOC(=O)/C(C)=C/[C@H](OC(CC)CC)[C@H](COS(C)(=O)=O)OS(C)(=O)=O. The van der Waals surface area contributed by atoms with Crippen LogP contribution in [-0.4, -0.2) is 66.8 Å². The Labute approximate surface area is 162 Å². The summed E-state index contributed by atoms with van der Waals surface area (Å²) in [5.41, 5.74) is 0.175. The van der Waals surface area contributed by atoms with E-state index in [1.54, 1.807) is 6.92 Å². The molecule has 0 aromatic heterocycles. The van der Waals surface area contributed by atoms with E-state index >= 15 is 0 Å². The van der Waals surface area contributed by atoms with Crippen LogP contribution in [0.5, 0.6) is 0 Å². The highest BCUT2D eigenvalue weighted by Crippen LogP contribution is 2.18. The lowest BCUT2D eigenvalue weighted by Gasteiger charge is -2.27. The van der Waals surface area contributed by atoms with E-state index in [4.69, 9.17) is 17.8 Å². The van der Waals surface area contributed by atoms with Crippen molar-refractivity contribution in [1.82, 2.24) is 0 Å². The normalized spacial score (nSPS) is 15.6. The minimum atomic E-state index is -3.95. The van der Waals surface area contributed by atoms with Crippen molar-refractivity contribution < 1.29 is 39.5 Å². The average molecular weight is 431 g/mol. The van der Waals surface area contributed by atoms with Crippen LogP contribution in [0.15, 0.2) is 11.6 Å². The van der Waals surface area contributed by atoms with Crippen LogP contribution in [0.4, 0.5) is 0 Å². The summed E-state index contributed by atoms with van der Waals surface area (Å²) in [7, 11) is -7.80. The van der Waals surface area contributed by atoms with Gasteiger partial charge in [0.1, 0.15) is 12.2 Å². The zero-order valence-electron chi connectivity index (χ0n) is 16.6. The fourth-order valence-corrected chi connectivity index (χ4v) is 3.08. The fraction of sp³-hybridized carbons (Fsp3) is 0.812. The Hall–Kier alpha value is -1.01. The molecule has 0 aliphatic rings. The van der Waals surface area contributed by atoms with Gasteiger partial charge < -0.3 is 9.47 Å². The molecule has 11 heteroatoms. The topological polar surface area (TPSA) is 122 Å². The lowest BCUT2D eigenvalue weighted by molar-refractivity contribution is -0.138. The largest absolute Gasteiger partial charge is 0.463 e. The minimum absolute atomic E-state index is 0.169. The summed E-state index contributed by atoms with van der Waals surface area (Å²) in [6.07, 6.45) is 1.66. The third-order valence-corrected chi connectivity index (χ3v) is 4.54. The Bertz CT molecular complexity index is 691. The Kier molecular flexibility index (Phi) is 11.3. The van der Waals surface area contributed by atoms with Crippen molar-refractivity contribution in [3.05, 3.63) is 11.6 Å². The second kappa shape index (κ2) is 11.7. The first-order valence-corrected chi connectivity index (χ1v) is 12.2. The van der Waals surface area contributed by atoms with Gasteiger partial charge in [0, 0.05) is 5.57 Å². The number of esters is 1. The molecule has 0 bridgehead atoms. The molecule has 0 fully saturated rings. The molecule has 0 spiro atoms. The van der Waals surface area contributed by atoms with Gasteiger partial charge in [-0.2, -0.15) is 16.8 Å². The van der Waals surface area contributed by atoms with Crippen LogP contribution in [0, 0.1) is 0 Å². The molecule has 160 valence electrons. The molecule has 27 heavy (non-hydrogen) atoms. The molecule has 0 aliphatic carbocycles. The second-order valence-corrected chi connectivity index (χ2v) is 9.18. The number of hydrogen-bond acceptors (Lipinski definition) is 9. The first-order chi connectivity index (χ1) is 12.3. The van der Waals surface area contributed by atoms with Gasteiger partial charge in [-0.25, -0.2) is 4.79 Å². The van der Waals surface area contributed by atoms with Gasteiger partial charge in [0.15, 0.2) is 0 Å². The molecule has 0 unspecified atom stereocenters. The lowest BCUT2D eigenvalue weighted by Crippen LogP contribution is -2.39. The number of hydrogen-bond donors (Lipinski definition) is 0. The minimum Gasteiger partial charge on any atom is -0.463 e. The molecule has 2 atom stereocenters. The van der Waals surface area contributed by atoms with E-state index in [-0.39, 0.29) is 18.3 Å². The van der Waals surface area contributed by atoms with E-state index in [9.17, 15) is 21.6 Å². The predicted molar refractivity (Wildman–Crippen MR) is 100 cm³/mol. The molecule has 0 saturated carbocycles. The van der Waals surface area contributed by atoms with Gasteiger partial charge in [-0.3, -0.25) is 8.37 Å². The van der Waals surface area contributed by atoms with E-state index in [0.29, 0.717) is 12.8 Å². The van der Waals surface area contributed by atoms with E-state index in [1.165, 1.54) is 13.0 Å². The van der Waals surface area contributed by atoms with Crippen LogP contribution in [0.3, 0.4) is 0 Å². The van der Waals surface area contributed by atoms with Crippen LogP contribution < -0.4 is 0 Å². The van der Waals surface area contributed by atoms with Crippen molar-refractivity contribution in [2.45, 2.75) is 58.8 Å². The summed E-state index contributed by atoms with van der Waals surface area (Å²) < 4.78 is 66.4. The molecule has 0 aliphatic heterocycles. The van der Waals surface area contributed by atoms with Crippen LogP contribution in [-0.2, 0) is 42.9 Å². The summed E-state index contributed by atoms with van der Waals surface area (Å²) in [4.78, 5) is 11.9. The first kappa shape index (κ1) is 26.0. The number of rotatable bonds is 13. The molecular formula is C16H30O9S2. The standard InChI is InChI=1S/C16H30O9S2/c1-7-13(8-2)24-14(10-12(4)16(17)22-9-3)15(25-27(6,20)21)11-23-26(5,18)19/h10,13-15H,7-9,11H2,1-6H3/b12-10+/t14-,15-/m0/s1. The third-order valence-electron chi connectivity index (χ3n) is 3.38. The van der Waals surface area contributed by atoms with Crippen molar-refractivity contribution >= 4 is 26.2 Å². The summed E-state index contributed by atoms with van der Waals surface area (Å²) in [5, 5.41) is 0. The summed E-state index contributed by atoms with van der Waals surface area (Å²) in [6.45, 7) is 6.47. The Balaban J connectivity index is 5.84. The van der Waals surface area contributed by atoms with E-state index < -0.39 is 45.0 Å². The zero-order valence-corrected chi connectivity index (χ0v) is 18.3. The Morgan fingerprint density at radius 2 is 1.56 bits per heavy atom. The highest BCUT2D eigenvalue weighted by molar-refractivity contribution is 7.86. The second-order valence-electron chi connectivity index (χ2n) is 5.94. The number of carbonyl (C=O) groups excluding carboxylic acids is 1. The van der Waals surface area contributed by atoms with Crippen molar-refractivity contribution in [3.8, 4) is 0 Å². The number of ether oxygens (including phenoxy) is 2. The van der Waals surface area contributed by atoms with E-state index in [0.717, 1.165) is 12.5 Å². The smallest absolute Gasteiger partial charge is 0.333 e. The van der Waals surface area contributed by atoms with Crippen molar-refractivity contribution in [1.29, 1.82) is 0 Å². The van der Waals surface area contributed by atoms with Crippen LogP contribution in [0.2, 0.25) is 0 Å². The maximum Gasteiger partial charge on any atom is 0.333 e. The summed E-state index contributed by atoms with van der Waals surface area (Å²) in [6, 6.07) is 0. The lowest BCUT2D eigenvalue weighted by atomic mass is 10.1. The quantitative estimate of drug-likeness (QED) is 0.242. The molecule has 0 N–H and O–H groups in total. The highest BCUT2D eigenvalue weighted by Gasteiger charge is 2.30. The highest BCUT2D eigenvalue weighted by atomic mass is 32.2. The van der Waals surface area contributed by atoms with Crippen molar-refractivity contribution in [3.63, 3.8) is 0 Å². The van der Waals surface area contributed by atoms with E-state index in [2.05, 4.69) is 0 Å². The first-order valence-electron chi connectivity index (χ1n) is 8.56. The molecule has 9 nitrogen and oxygen atoms in total. The predicted octanol–water partition coefficient (Wildman–Crippen LogP) is 1.39. The van der Waals surface area contributed by atoms with Crippen LogP contribution in [0.25, 0.3) is 0 Å². The van der Waals surface area contributed by atoms with Gasteiger partial charge in [-0.05, 0) is 32.8 Å². The Morgan fingerprint density at radius 1 is 1.00 bits per heavy atom. The van der Waals surface area contributed by atoms with Gasteiger partial charge >= 0.3 is 5.97 Å². The van der Waals surface area contributed by atoms with Gasteiger partial charge in [0.2, 0.25) is 0 Å². The van der Waals surface area contributed by atoms with Gasteiger partial charge in [0.25, 0.3) is 20.2 Å². The number of carbonyl (C=O) groups is 1. The zero-order chi connectivity index (χ0) is 21.3. The van der Waals surface area contributed by atoms with E-state index in [1.807, 2.05) is 13.8 Å². The average Bonchev–Trinajstić information content (AvgIpc) is 2.53. The van der Waals surface area contributed by atoms with Gasteiger partial charge in [-0.15, -0.1) is 0 Å². The van der Waals surface area contributed by atoms with Crippen molar-refractivity contribution in [2.75, 3.05) is 25.7 Å². The fourth-order valence-electron chi connectivity index (χ4n) is 2.09. The van der Waals surface area contributed by atoms with Gasteiger partial charge in [0.05, 0.1) is 31.8 Å². The molecule has 0 heterocycles. The monoisotopic (exact) mass is 430 g/mol. The third kappa shape index (κ3) is 12.1. The molecule has 0 rings (SSSR count). The molecule has 0 amide bonds.